The number of ether oxygens (including phenoxy) is 18. The summed E-state index contributed by atoms with van der Waals surface area (Å²) >= 11 is 0. The molecule has 0 unspecified atom stereocenters. The summed E-state index contributed by atoms with van der Waals surface area (Å²) in [6, 6.07) is 0. The highest BCUT2D eigenvalue weighted by molar-refractivity contribution is 4.38. The number of rotatable bonds is 45. The zero-order valence-corrected chi connectivity index (χ0v) is 34.6. The molecule has 0 aromatic carbocycles. The summed E-state index contributed by atoms with van der Waals surface area (Å²) < 4.78 is 92.3. The summed E-state index contributed by atoms with van der Waals surface area (Å²) in [7, 11) is 9.89. The van der Waals surface area contributed by atoms with Crippen molar-refractivity contribution in [3.05, 3.63) is 0 Å². The minimum Gasteiger partial charge on any atom is -0.382 e. The first kappa shape index (κ1) is 57.6. The zero-order chi connectivity index (χ0) is 39.9. The Balaban J connectivity index is -0.000000733. The van der Waals surface area contributed by atoms with Crippen molar-refractivity contribution < 1.29 is 85.3 Å². The lowest BCUT2D eigenvalue weighted by Gasteiger charge is -2.07. The summed E-state index contributed by atoms with van der Waals surface area (Å²) in [4.78, 5) is 0. The molecule has 0 aliphatic carbocycles. The fraction of sp³-hybridized carbons (Fsp3) is 1.00. The van der Waals surface area contributed by atoms with E-state index in [1.165, 1.54) is 0 Å². The molecule has 18 heteroatoms. The van der Waals surface area contributed by atoms with E-state index in [2.05, 4.69) is 0 Å². The Hall–Kier alpha value is -0.720. The van der Waals surface area contributed by atoms with Gasteiger partial charge in [0.25, 0.3) is 0 Å². The summed E-state index contributed by atoms with van der Waals surface area (Å²) in [5.41, 5.74) is 0. The molecular weight excluding hydrogens is 720 g/mol. The Bertz CT molecular complexity index is 540. The van der Waals surface area contributed by atoms with Gasteiger partial charge in [-0.15, -0.1) is 0 Å². The summed E-state index contributed by atoms with van der Waals surface area (Å²) in [5, 5.41) is 0. The normalized spacial score (nSPS) is 11.0. The first-order valence-corrected chi connectivity index (χ1v) is 18.6. The third kappa shape index (κ3) is 66.1. The SMILES string of the molecule is COCCOCCOCCOCCOC.COCCOCCOCCOCCOCCOC.COCCOCCOCCOCCOCCOCCOC. The largest absolute Gasteiger partial charge is 0.382 e. The van der Waals surface area contributed by atoms with Gasteiger partial charge in [0, 0.05) is 42.7 Å². The van der Waals surface area contributed by atoms with Gasteiger partial charge >= 0.3 is 0 Å². The molecule has 0 bridgehead atoms. The van der Waals surface area contributed by atoms with Crippen molar-refractivity contribution >= 4 is 0 Å². The number of hydrogen-bond acceptors (Lipinski definition) is 18. The summed E-state index contributed by atoms with van der Waals surface area (Å²) in [6.45, 7) is 17.8. The average molecular weight is 799 g/mol. The van der Waals surface area contributed by atoms with Crippen LogP contribution in [0.5, 0.6) is 0 Å². The lowest BCUT2D eigenvalue weighted by Crippen LogP contribution is -2.14. The third-order valence-electron chi connectivity index (χ3n) is 5.94. The van der Waals surface area contributed by atoms with Crippen LogP contribution in [0.25, 0.3) is 0 Å². The molecule has 0 aliphatic rings. The van der Waals surface area contributed by atoms with Crippen LogP contribution >= 0.6 is 0 Å². The molecule has 0 N–H and O–H groups in total. The van der Waals surface area contributed by atoms with Crippen LogP contribution in [-0.2, 0) is 85.3 Å². The van der Waals surface area contributed by atoms with E-state index < -0.39 is 0 Å². The topological polar surface area (TPSA) is 166 Å². The van der Waals surface area contributed by atoms with Crippen LogP contribution in [0, 0.1) is 0 Å². The van der Waals surface area contributed by atoms with Crippen molar-refractivity contribution in [1.82, 2.24) is 0 Å². The second-order valence-electron chi connectivity index (χ2n) is 10.3. The van der Waals surface area contributed by atoms with Crippen molar-refractivity contribution in [2.24, 2.45) is 0 Å². The molecule has 0 aromatic rings. The van der Waals surface area contributed by atoms with Gasteiger partial charge in [0.15, 0.2) is 0 Å². The Labute approximate surface area is 326 Å². The van der Waals surface area contributed by atoms with E-state index in [1.807, 2.05) is 0 Å². The second-order valence-corrected chi connectivity index (χ2v) is 10.3. The van der Waals surface area contributed by atoms with Crippen molar-refractivity contribution in [3.63, 3.8) is 0 Å². The maximum absolute atomic E-state index is 5.35. The molecular formula is C36H78O18. The molecule has 0 spiro atoms. The van der Waals surface area contributed by atoms with Crippen LogP contribution < -0.4 is 0 Å². The Morgan fingerprint density at radius 1 is 0.130 bits per heavy atom. The maximum atomic E-state index is 5.35. The lowest BCUT2D eigenvalue weighted by atomic mass is 10.7. The fourth-order valence-electron chi connectivity index (χ4n) is 3.14. The molecule has 0 radical (unpaired) electrons. The van der Waals surface area contributed by atoms with Crippen molar-refractivity contribution in [2.45, 2.75) is 0 Å². The molecule has 0 saturated heterocycles. The highest BCUT2D eigenvalue weighted by Crippen LogP contribution is 1.86. The van der Waals surface area contributed by atoms with Gasteiger partial charge in [0.05, 0.1) is 198 Å². The average Bonchev–Trinajstić information content (AvgIpc) is 3.19. The quantitative estimate of drug-likeness (QED) is 0.0802. The summed E-state index contributed by atoms with van der Waals surface area (Å²) in [6.07, 6.45) is 0. The third-order valence-corrected chi connectivity index (χ3v) is 5.94. The van der Waals surface area contributed by atoms with Crippen molar-refractivity contribution in [2.75, 3.05) is 241 Å². The predicted octanol–water partition coefficient (Wildman–Crippen LogP) is 1.04. The van der Waals surface area contributed by atoms with Crippen molar-refractivity contribution in [1.29, 1.82) is 0 Å². The van der Waals surface area contributed by atoms with Crippen LogP contribution in [-0.4, -0.2) is 241 Å². The van der Waals surface area contributed by atoms with Gasteiger partial charge in [-0.25, -0.2) is 0 Å². The van der Waals surface area contributed by atoms with E-state index in [9.17, 15) is 0 Å². The molecule has 0 heterocycles. The van der Waals surface area contributed by atoms with E-state index in [4.69, 9.17) is 85.3 Å². The van der Waals surface area contributed by atoms with E-state index in [1.54, 1.807) is 42.7 Å². The smallest absolute Gasteiger partial charge is 0.0701 e. The standard InChI is InChI=1S/C14H30O7.C12H26O6.C10H22O5/c1-15-3-5-17-7-9-19-11-13-21-14-12-20-10-8-18-6-4-16-2;1-13-3-5-15-7-9-17-11-12-18-10-8-16-6-4-14-2;1-11-3-5-13-7-9-15-10-8-14-6-4-12-2/h3-14H2,1-2H3;3-12H2,1-2H3;3-10H2,1-2H3. The van der Waals surface area contributed by atoms with Crippen LogP contribution in [0.15, 0.2) is 0 Å². The molecule has 54 heavy (non-hydrogen) atoms. The van der Waals surface area contributed by atoms with Gasteiger partial charge < -0.3 is 85.3 Å². The van der Waals surface area contributed by atoms with E-state index >= 15 is 0 Å². The molecule has 0 aromatic heterocycles. The highest BCUT2D eigenvalue weighted by Gasteiger charge is 1.95. The molecule has 18 nitrogen and oxygen atoms in total. The van der Waals surface area contributed by atoms with Gasteiger partial charge in [-0.3, -0.25) is 0 Å². The van der Waals surface area contributed by atoms with Gasteiger partial charge in [-0.2, -0.15) is 0 Å². The lowest BCUT2D eigenvalue weighted by molar-refractivity contribution is -0.0174. The number of hydrogen-bond donors (Lipinski definition) is 0. The molecule has 0 aliphatic heterocycles. The second kappa shape index (κ2) is 61.5. The van der Waals surface area contributed by atoms with Gasteiger partial charge in [0.1, 0.15) is 0 Å². The minimum absolute atomic E-state index is 0.561. The van der Waals surface area contributed by atoms with Crippen LogP contribution in [0.1, 0.15) is 0 Å². The number of methoxy groups -OCH3 is 6. The van der Waals surface area contributed by atoms with Gasteiger partial charge in [-0.05, 0) is 0 Å². The molecule has 0 amide bonds. The molecule has 0 atom stereocenters. The molecule has 0 rings (SSSR count). The predicted molar refractivity (Wildman–Crippen MR) is 201 cm³/mol. The Morgan fingerprint density at radius 3 is 0.278 bits per heavy atom. The minimum atomic E-state index is 0.561. The van der Waals surface area contributed by atoms with Gasteiger partial charge in [0.2, 0.25) is 0 Å². The first-order chi connectivity index (χ1) is 26.7. The Kier molecular flexibility index (Phi) is 65.6. The first-order valence-electron chi connectivity index (χ1n) is 18.6. The van der Waals surface area contributed by atoms with Crippen LogP contribution in [0.4, 0.5) is 0 Å². The molecule has 0 fully saturated rings. The van der Waals surface area contributed by atoms with Gasteiger partial charge in [-0.1, -0.05) is 0 Å². The monoisotopic (exact) mass is 799 g/mol. The maximum Gasteiger partial charge on any atom is 0.0701 e. The van der Waals surface area contributed by atoms with Crippen LogP contribution in [0.2, 0.25) is 0 Å². The van der Waals surface area contributed by atoms with Crippen molar-refractivity contribution in [3.8, 4) is 0 Å². The fourth-order valence-corrected chi connectivity index (χ4v) is 3.14. The van der Waals surface area contributed by atoms with E-state index in [0.29, 0.717) is 198 Å². The van der Waals surface area contributed by atoms with E-state index in [0.717, 1.165) is 0 Å². The van der Waals surface area contributed by atoms with Crippen LogP contribution in [0.3, 0.4) is 0 Å². The zero-order valence-electron chi connectivity index (χ0n) is 34.6. The van der Waals surface area contributed by atoms with E-state index in [-0.39, 0.29) is 0 Å². The molecule has 0 saturated carbocycles. The Morgan fingerprint density at radius 2 is 0.204 bits per heavy atom. The molecule has 330 valence electrons. The highest BCUT2D eigenvalue weighted by atomic mass is 16.6. The summed E-state index contributed by atoms with van der Waals surface area (Å²) in [5.74, 6) is 0.